The van der Waals surface area contributed by atoms with Crippen molar-refractivity contribution < 1.29 is 4.39 Å². The van der Waals surface area contributed by atoms with Gasteiger partial charge in [0.25, 0.3) is 0 Å². The van der Waals surface area contributed by atoms with Gasteiger partial charge in [0, 0.05) is 13.1 Å². The third-order valence-corrected chi connectivity index (χ3v) is 2.02. The van der Waals surface area contributed by atoms with E-state index in [0.29, 0.717) is 0 Å². The maximum atomic E-state index is 13.0. The maximum absolute atomic E-state index is 13.0. The second kappa shape index (κ2) is 3.43. The van der Waals surface area contributed by atoms with Gasteiger partial charge in [-0.15, -0.1) is 0 Å². The summed E-state index contributed by atoms with van der Waals surface area (Å²) in [4.78, 5) is 7.25. The molecule has 0 aromatic carbocycles. The summed E-state index contributed by atoms with van der Waals surface area (Å²) < 4.78 is 13.0. The van der Waals surface area contributed by atoms with Crippen LogP contribution in [0.5, 0.6) is 0 Å². The zero-order chi connectivity index (χ0) is 9.26. The van der Waals surface area contributed by atoms with Crippen LogP contribution in [0, 0.1) is 5.82 Å². The monoisotopic (exact) mass is 202 g/mol. The summed E-state index contributed by atoms with van der Waals surface area (Å²) in [6.45, 7) is 1.64. The molecule has 0 unspecified atom stereocenters. The molecule has 1 aromatic heterocycles. The second-order valence-electron chi connectivity index (χ2n) is 2.84. The zero-order valence-electron chi connectivity index (χ0n) is 6.72. The van der Waals surface area contributed by atoms with E-state index in [1.165, 1.54) is 0 Å². The first kappa shape index (κ1) is 8.65. The van der Waals surface area contributed by atoms with Crippen LogP contribution in [0.2, 0.25) is 5.28 Å². The van der Waals surface area contributed by atoms with Crippen molar-refractivity contribution in [2.75, 3.05) is 18.4 Å². The number of nitrogens with one attached hydrogen (secondary N) is 2. The van der Waals surface area contributed by atoms with E-state index in [0.717, 1.165) is 19.3 Å². The quantitative estimate of drug-likeness (QED) is 0.692. The van der Waals surface area contributed by atoms with Crippen molar-refractivity contribution >= 4 is 17.4 Å². The van der Waals surface area contributed by atoms with Crippen LogP contribution in [0.15, 0.2) is 6.20 Å². The fourth-order valence-corrected chi connectivity index (χ4v) is 1.16. The van der Waals surface area contributed by atoms with Crippen molar-refractivity contribution in [3.05, 3.63) is 17.3 Å². The fourth-order valence-electron chi connectivity index (χ4n) is 1.03. The van der Waals surface area contributed by atoms with E-state index in [1.54, 1.807) is 0 Å². The van der Waals surface area contributed by atoms with Crippen molar-refractivity contribution in [2.45, 2.75) is 6.04 Å². The van der Waals surface area contributed by atoms with Crippen molar-refractivity contribution in [1.29, 1.82) is 0 Å². The molecule has 1 aliphatic heterocycles. The predicted molar refractivity (Wildman–Crippen MR) is 47.3 cm³/mol. The molecule has 0 aliphatic carbocycles. The molecule has 1 saturated heterocycles. The number of hydrogen-bond acceptors (Lipinski definition) is 4. The van der Waals surface area contributed by atoms with E-state index in [2.05, 4.69) is 20.6 Å². The molecule has 2 rings (SSSR count). The minimum absolute atomic E-state index is 0.0520. The summed E-state index contributed by atoms with van der Waals surface area (Å²) in [7, 11) is 0. The molecular weight excluding hydrogens is 195 g/mol. The molecule has 0 saturated carbocycles. The molecule has 2 heterocycles. The van der Waals surface area contributed by atoms with Crippen molar-refractivity contribution in [2.24, 2.45) is 0 Å². The van der Waals surface area contributed by atoms with E-state index in [4.69, 9.17) is 11.6 Å². The maximum Gasteiger partial charge on any atom is 0.224 e. The Balaban J connectivity index is 2.13. The molecule has 0 radical (unpaired) electrons. The van der Waals surface area contributed by atoms with Gasteiger partial charge < -0.3 is 10.6 Å². The SMILES string of the molecule is Fc1cnc(Cl)nc1NC1CNC1. The average Bonchev–Trinajstić information content (AvgIpc) is 2.03. The van der Waals surface area contributed by atoms with Crippen LogP contribution in [0.4, 0.5) is 10.2 Å². The van der Waals surface area contributed by atoms with Crippen molar-refractivity contribution in [1.82, 2.24) is 15.3 Å². The van der Waals surface area contributed by atoms with Gasteiger partial charge in [0.15, 0.2) is 11.6 Å². The minimum atomic E-state index is -0.476. The first-order chi connectivity index (χ1) is 6.25. The number of rotatable bonds is 2. The predicted octanol–water partition coefficient (Wildman–Crippen LogP) is 0.653. The molecule has 13 heavy (non-hydrogen) atoms. The fraction of sp³-hybridized carbons (Fsp3) is 0.429. The highest BCUT2D eigenvalue weighted by Gasteiger charge is 2.18. The van der Waals surface area contributed by atoms with Gasteiger partial charge in [-0.25, -0.2) is 9.37 Å². The lowest BCUT2D eigenvalue weighted by Crippen LogP contribution is -2.51. The number of aromatic nitrogens is 2. The number of hydrogen-bond donors (Lipinski definition) is 2. The Kier molecular flexibility index (Phi) is 2.28. The summed E-state index contributed by atoms with van der Waals surface area (Å²) in [6, 6.07) is 0.237. The third kappa shape index (κ3) is 1.87. The van der Waals surface area contributed by atoms with Crippen molar-refractivity contribution in [3.8, 4) is 0 Å². The van der Waals surface area contributed by atoms with E-state index < -0.39 is 5.82 Å². The first-order valence-electron chi connectivity index (χ1n) is 3.91. The number of halogens is 2. The average molecular weight is 203 g/mol. The van der Waals surface area contributed by atoms with Crippen LogP contribution in [-0.4, -0.2) is 29.1 Å². The molecular formula is C7H8ClFN4. The highest BCUT2D eigenvalue weighted by atomic mass is 35.5. The summed E-state index contributed by atoms with van der Waals surface area (Å²) in [5.41, 5.74) is 0. The van der Waals surface area contributed by atoms with Crippen molar-refractivity contribution in [3.63, 3.8) is 0 Å². The Labute approximate surface area is 79.5 Å². The van der Waals surface area contributed by atoms with Gasteiger partial charge in [0.1, 0.15) is 0 Å². The lowest BCUT2D eigenvalue weighted by Gasteiger charge is -2.28. The van der Waals surface area contributed by atoms with Gasteiger partial charge in [-0.3, -0.25) is 0 Å². The van der Waals surface area contributed by atoms with Gasteiger partial charge in [-0.05, 0) is 11.6 Å². The van der Waals surface area contributed by atoms with E-state index in [9.17, 15) is 4.39 Å². The Morgan fingerprint density at radius 3 is 3.00 bits per heavy atom. The highest BCUT2D eigenvalue weighted by molar-refractivity contribution is 6.28. The van der Waals surface area contributed by atoms with Crippen LogP contribution < -0.4 is 10.6 Å². The van der Waals surface area contributed by atoms with Crippen LogP contribution in [0.25, 0.3) is 0 Å². The van der Waals surface area contributed by atoms with E-state index >= 15 is 0 Å². The number of nitrogens with zero attached hydrogens (tertiary/aromatic N) is 2. The topological polar surface area (TPSA) is 49.8 Å². The van der Waals surface area contributed by atoms with Crippen LogP contribution in [0.1, 0.15) is 0 Å². The highest BCUT2D eigenvalue weighted by Crippen LogP contribution is 2.13. The summed E-state index contributed by atoms with van der Waals surface area (Å²) in [5, 5.41) is 6.02. The first-order valence-corrected chi connectivity index (χ1v) is 4.29. The Bertz CT molecular complexity index is 315. The molecule has 70 valence electrons. The Morgan fingerprint density at radius 2 is 2.38 bits per heavy atom. The Hall–Kier alpha value is -0.940. The largest absolute Gasteiger partial charge is 0.362 e. The van der Waals surface area contributed by atoms with Crippen LogP contribution in [-0.2, 0) is 0 Å². The molecule has 0 bridgehead atoms. The van der Waals surface area contributed by atoms with Crippen LogP contribution >= 0.6 is 11.6 Å². The van der Waals surface area contributed by atoms with Gasteiger partial charge in [-0.2, -0.15) is 4.98 Å². The lowest BCUT2D eigenvalue weighted by molar-refractivity contribution is 0.467. The normalized spacial score (nSPS) is 16.8. The van der Waals surface area contributed by atoms with Gasteiger partial charge >= 0.3 is 0 Å². The van der Waals surface area contributed by atoms with Gasteiger partial charge in [0.2, 0.25) is 5.28 Å². The summed E-state index contributed by atoms with van der Waals surface area (Å²) in [5.74, 6) is -0.303. The molecule has 1 fully saturated rings. The molecule has 6 heteroatoms. The van der Waals surface area contributed by atoms with Gasteiger partial charge in [0.05, 0.1) is 12.2 Å². The lowest BCUT2D eigenvalue weighted by atomic mass is 10.2. The van der Waals surface area contributed by atoms with E-state index in [1.807, 2.05) is 0 Å². The third-order valence-electron chi connectivity index (χ3n) is 1.84. The molecule has 0 atom stereocenters. The molecule has 4 nitrogen and oxygen atoms in total. The number of anilines is 1. The zero-order valence-corrected chi connectivity index (χ0v) is 7.48. The smallest absolute Gasteiger partial charge is 0.224 e. The molecule has 1 aromatic rings. The summed E-state index contributed by atoms with van der Waals surface area (Å²) >= 11 is 5.52. The van der Waals surface area contributed by atoms with Crippen LogP contribution in [0.3, 0.4) is 0 Å². The van der Waals surface area contributed by atoms with Gasteiger partial charge in [-0.1, -0.05) is 0 Å². The molecule has 2 N–H and O–H groups in total. The van der Waals surface area contributed by atoms with E-state index in [-0.39, 0.29) is 17.1 Å². The second-order valence-corrected chi connectivity index (χ2v) is 3.17. The molecule has 1 aliphatic rings. The Morgan fingerprint density at radius 1 is 1.62 bits per heavy atom. The molecule has 0 spiro atoms. The minimum Gasteiger partial charge on any atom is -0.362 e. The summed E-state index contributed by atoms with van der Waals surface area (Å²) in [6.07, 6.45) is 1.06. The standard InChI is InChI=1S/C7H8ClFN4/c8-7-11-3-5(9)6(13-7)12-4-1-10-2-4/h3-4,10H,1-2H2,(H,11,12,13). The molecule has 0 amide bonds.